The van der Waals surface area contributed by atoms with Crippen LogP contribution in [0, 0.1) is 0 Å². The van der Waals surface area contributed by atoms with Crippen molar-refractivity contribution in [2.75, 3.05) is 44.6 Å². The van der Waals surface area contributed by atoms with Gasteiger partial charge in [0.2, 0.25) is 5.91 Å². The zero-order valence-corrected chi connectivity index (χ0v) is 22.1. The second-order valence-corrected chi connectivity index (χ2v) is 8.74. The van der Waals surface area contributed by atoms with Crippen LogP contribution >= 0.6 is 0 Å². The van der Waals surface area contributed by atoms with Gasteiger partial charge in [0.25, 0.3) is 5.91 Å². The second kappa shape index (κ2) is 14.6. The Hall–Kier alpha value is -4.26. The summed E-state index contributed by atoms with van der Waals surface area (Å²) in [7, 11) is 0. The number of hydrogen-bond donors (Lipinski definition) is 3. The van der Waals surface area contributed by atoms with Gasteiger partial charge in [-0.15, -0.1) is 5.06 Å². The first-order chi connectivity index (χ1) is 18.8. The van der Waals surface area contributed by atoms with Gasteiger partial charge < -0.3 is 30.2 Å². The van der Waals surface area contributed by atoms with Gasteiger partial charge in [-0.05, 0) is 19.8 Å². The number of carboxylic acid groups (broad SMARTS) is 1. The number of ether oxygens (including phenoxy) is 1. The van der Waals surface area contributed by atoms with Crippen molar-refractivity contribution in [3.63, 3.8) is 0 Å². The largest absolute Gasteiger partial charge is 0.527 e. The first-order valence-corrected chi connectivity index (χ1v) is 12.9. The van der Waals surface area contributed by atoms with E-state index < -0.39 is 30.0 Å². The normalized spacial score (nSPS) is 14.3. The summed E-state index contributed by atoms with van der Waals surface area (Å²) in [5.74, 6) is -1.34. The van der Waals surface area contributed by atoms with E-state index in [9.17, 15) is 24.3 Å². The Labute approximate surface area is 226 Å². The molecule has 0 unspecified atom stereocenters. The van der Waals surface area contributed by atoms with Gasteiger partial charge in [0.05, 0.1) is 19.7 Å². The van der Waals surface area contributed by atoms with Crippen LogP contribution in [0.4, 0.5) is 10.6 Å². The summed E-state index contributed by atoms with van der Waals surface area (Å²) in [5.41, 5.74) is 0.761. The third-order valence-corrected chi connectivity index (χ3v) is 5.81. The van der Waals surface area contributed by atoms with Crippen LogP contribution in [0.2, 0.25) is 0 Å². The Morgan fingerprint density at radius 2 is 1.77 bits per heavy atom. The number of rotatable bonds is 12. The SMILES string of the molecule is CCCNc1cc(C(=O)N[C@@H](CCC(=O)O)C(=O)N2CCN(OC(=O)OCC)CC2)nc(-c2ccccc2)n1. The standard InChI is InChI=1S/C26H34N6O7/c1-3-12-27-21-17-20(28-23(30-21)18-8-6-5-7-9-18)24(35)29-19(10-11-22(33)34)25(36)31-13-15-32(16-14-31)39-26(37)38-4-2/h5-9,17,19H,3-4,10-16H2,1-2H3,(H,29,35)(H,33,34)(H,27,28,30)/t19-/m0/s1. The predicted octanol–water partition coefficient (Wildman–Crippen LogP) is 2.16. The number of piperazine rings is 1. The molecule has 2 heterocycles. The molecule has 1 atom stereocenters. The van der Waals surface area contributed by atoms with Crippen LogP contribution in [0.3, 0.4) is 0 Å². The number of nitrogens with one attached hydrogen (secondary N) is 2. The fourth-order valence-electron chi connectivity index (χ4n) is 3.85. The van der Waals surface area contributed by atoms with Crippen molar-refractivity contribution in [1.82, 2.24) is 25.2 Å². The van der Waals surface area contributed by atoms with E-state index in [0.29, 0.717) is 23.8 Å². The Morgan fingerprint density at radius 1 is 1.05 bits per heavy atom. The lowest BCUT2D eigenvalue weighted by Crippen LogP contribution is -2.55. The van der Waals surface area contributed by atoms with Gasteiger partial charge in [-0.3, -0.25) is 14.4 Å². The molecule has 13 nitrogen and oxygen atoms in total. The number of aromatic nitrogens is 2. The lowest BCUT2D eigenvalue weighted by atomic mass is 10.1. The zero-order valence-electron chi connectivity index (χ0n) is 22.1. The highest BCUT2D eigenvalue weighted by atomic mass is 16.8. The molecule has 2 amide bonds. The molecule has 3 N–H and O–H groups in total. The first kappa shape index (κ1) is 29.3. The number of hydrogen-bond acceptors (Lipinski definition) is 10. The smallest absolute Gasteiger partial charge is 0.481 e. The van der Waals surface area contributed by atoms with Gasteiger partial charge in [0, 0.05) is 37.7 Å². The number of benzene rings is 1. The van der Waals surface area contributed by atoms with Crippen molar-refractivity contribution >= 4 is 29.8 Å². The Bertz CT molecular complexity index is 1140. The van der Waals surface area contributed by atoms with Crippen LogP contribution in [0.25, 0.3) is 11.4 Å². The fourth-order valence-corrected chi connectivity index (χ4v) is 3.85. The molecule has 1 fully saturated rings. The van der Waals surface area contributed by atoms with Gasteiger partial charge >= 0.3 is 12.1 Å². The van der Waals surface area contributed by atoms with Crippen molar-refractivity contribution in [2.45, 2.75) is 39.2 Å². The maximum atomic E-state index is 13.3. The molecule has 1 saturated heterocycles. The first-order valence-electron chi connectivity index (χ1n) is 12.9. The average molecular weight is 543 g/mol. The van der Waals surface area contributed by atoms with Crippen LogP contribution < -0.4 is 10.6 Å². The summed E-state index contributed by atoms with van der Waals surface area (Å²) in [6.07, 6.45) is -0.394. The van der Waals surface area contributed by atoms with Gasteiger partial charge in [-0.1, -0.05) is 37.3 Å². The molecule has 39 heavy (non-hydrogen) atoms. The van der Waals surface area contributed by atoms with E-state index in [1.807, 2.05) is 37.3 Å². The Kier molecular flexibility index (Phi) is 11.0. The van der Waals surface area contributed by atoms with Crippen molar-refractivity contribution in [1.29, 1.82) is 0 Å². The van der Waals surface area contributed by atoms with E-state index in [-0.39, 0.29) is 51.3 Å². The van der Waals surface area contributed by atoms with Gasteiger partial charge in [0.1, 0.15) is 17.6 Å². The van der Waals surface area contributed by atoms with Crippen LogP contribution in [0.5, 0.6) is 0 Å². The summed E-state index contributed by atoms with van der Waals surface area (Å²) >= 11 is 0. The minimum atomic E-state index is -1.09. The maximum Gasteiger partial charge on any atom is 0.527 e. The highest BCUT2D eigenvalue weighted by Crippen LogP contribution is 2.18. The van der Waals surface area contributed by atoms with Crippen molar-refractivity contribution in [2.24, 2.45) is 0 Å². The third-order valence-electron chi connectivity index (χ3n) is 5.81. The molecule has 2 aromatic rings. The van der Waals surface area contributed by atoms with E-state index in [2.05, 4.69) is 20.6 Å². The number of nitrogens with zero attached hydrogens (tertiary/aromatic N) is 4. The van der Waals surface area contributed by atoms with Gasteiger partial charge in [-0.25, -0.2) is 14.8 Å². The number of hydroxylamine groups is 2. The summed E-state index contributed by atoms with van der Waals surface area (Å²) in [4.78, 5) is 64.9. The zero-order chi connectivity index (χ0) is 28.2. The molecule has 0 radical (unpaired) electrons. The van der Waals surface area contributed by atoms with Crippen LogP contribution in [-0.2, 0) is 19.2 Å². The van der Waals surface area contributed by atoms with E-state index >= 15 is 0 Å². The van der Waals surface area contributed by atoms with Crippen LogP contribution in [0.1, 0.15) is 43.6 Å². The molecular formula is C26H34N6O7. The highest BCUT2D eigenvalue weighted by Gasteiger charge is 2.31. The monoisotopic (exact) mass is 542 g/mol. The summed E-state index contributed by atoms with van der Waals surface area (Å²) in [5, 5.41) is 16.4. The van der Waals surface area contributed by atoms with Crippen LogP contribution in [0.15, 0.2) is 36.4 Å². The molecule has 1 aromatic carbocycles. The molecule has 210 valence electrons. The molecule has 3 rings (SSSR count). The molecule has 0 bridgehead atoms. The molecule has 0 saturated carbocycles. The van der Waals surface area contributed by atoms with Gasteiger partial charge in [0.15, 0.2) is 5.82 Å². The predicted molar refractivity (Wildman–Crippen MR) is 141 cm³/mol. The lowest BCUT2D eigenvalue weighted by molar-refractivity contribution is -0.157. The van der Waals surface area contributed by atoms with E-state index in [0.717, 1.165) is 6.42 Å². The van der Waals surface area contributed by atoms with Crippen molar-refractivity contribution in [3.8, 4) is 11.4 Å². The van der Waals surface area contributed by atoms with E-state index in [1.165, 1.54) is 16.0 Å². The summed E-state index contributed by atoms with van der Waals surface area (Å²) < 4.78 is 4.76. The third kappa shape index (κ3) is 8.92. The topological polar surface area (TPSA) is 163 Å². The molecule has 1 aliphatic rings. The maximum absolute atomic E-state index is 13.3. The minimum absolute atomic E-state index is 0.0447. The molecule has 0 spiro atoms. The molecule has 1 aromatic heterocycles. The fraction of sp³-hybridized carbons (Fsp3) is 0.462. The average Bonchev–Trinajstić information content (AvgIpc) is 2.94. The van der Waals surface area contributed by atoms with E-state index in [4.69, 9.17) is 9.57 Å². The number of carbonyl (C=O) groups excluding carboxylic acids is 3. The Morgan fingerprint density at radius 3 is 2.41 bits per heavy atom. The second-order valence-electron chi connectivity index (χ2n) is 8.74. The van der Waals surface area contributed by atoms with Crippen LogP contribution in [-0.4, -0.2) is 94.3 Å². The van der Waals surface area contributed by atoms with E-state index in [1.54, 1.807) is 6.92 Å². The van der Waals surface area contributed by atoms with Crippen molar-refractivity contribution < 1.29 is 33.9 Å². The summed E-state index contributed by atoms with van der Waals surface area (Å²) in [6.45, 7) is 5.39. The van der Waals surface area contributed by atoms with Crippen molar-refractivity contribution in [3.05, 3.63) is 42.1 Å². The molecular weight excluding hydrogens is 508 g/mol. The molecule has 13 heteroatoms. The highest BCUT2D eigenvalue weighted by molar-refractivity contribution is 5.97. The summed E-state index contributed by atoms with van der Waals surface area (Å²) in [6, 6.07) is 9.59. The number of carbonyl (C=O) groups is 4. The number of anilines is 1. The minimum Gasteiger partial charge on any atom is -0.481 e. The van der Waals surface area contributed by atoms with Gasteiger partial charge in [-0.2, -0.15) is 0 Å². The lowest BCUT2D eigenvalue weighted by Gasteiger charge is -2.35. The number of carboxylic acids is 1. The molecule has 1 aliphatic heterocycles. The number of amides is 2. The molecule has 0 aliphatic carbocycles. The quantitative estimate of drug-likeness (QED) is 0.337. The Balaban J connectivity index is 1.75. The number of aliphatic carboxylic acids is 1.